The van der Waals surface area contributed by atoms with Gasteiger partial charge >= 0.3 is 7.48 Å². The van der Waals surface area contributed by atoms with Crippen LogP contribution in [0, 0.1) is 0 Å². The Bertz CT molecular complexity index is 1720. The van der Waals surface area contributed by atoms with Crippen LogP contribution < -0.4 is 5.46 Å². The third kappa shape index (κ3) is 4.60. The van der Waals surface area contributed by atoms with E-state index in [9.17, 15) is 5.11 Å². The quantitative estimate of drug-likeness (QED) is 0.185. The standard InChI is InChI=1S/C36H34BO2/c1-35(2,38)36(3,4)39-37-34-20-12-11-19-32(34)26-14-6-5-13-25(26)24-21-22-31-29-17-8-7-15-27(29)28-16-9-10-18-30(28)33(31)23-24/h5-8,10-15,17-23,38H,9,16H2,1-4H3. The summed E-state index contributed by atoms with van der Waals surface area (Å²) in [4.78, 5) is 0. The average Bonchev–Trinajstić information content (AvgIpc) is 2.95. The van der Waals surface area contributed by atoms with Crippen LogP contribution in [0.1, 0.15) is 45.2 Å². The van der Waals surface area contributed by atoms with Gasteiger partial charge in [0.05, 0.1) is 11.2 Å². The van der Waals surface area contributed by atoms with Crippen LogP contribution in [0.15, 0.2) is 97.1 Å². The molecule has 5 aromatic carbocycles. The highest BCUT2D eigenvalue weighted by Gasteiger charge is 2.36. The highest BCUT2D eigenvalue weighted by atomic mass is 16.5. The number of aryl methyl sites for hydroxylation is 1. The van der Waals surface area contributed by atoms with E-state index >= 15 is 0 Å². The van der Waals surface area contributed by atoms with Crippen molar-refractivity contribution < 1.29 is 9.76 Å². The first-order chi connectivity index (χ1) is 18.7. The first kappa shape index (κ1) is 25.6. The molecule has 3 heteroatoms. The first-order valence-electron chi connectivity index (χ1n) is 13.8. The summed E-state index contributed by atoms with van der Waals surface area (Å²) in [6, 6.07) is 32.6. The summed E-state index contributed by atoms with van der Waals surface area (Å²) < 4.78 is 6.17. The monoisotopic (exact) mass is 509 g/mol. The molecule has 0 unspecified atom stereocenters. The summed E-state index contributed by atoms with van der Waals surface area (Å²) in [5.74, 6) is 0. The summed E-state index contributed by atoms with van der Waals surface area (Å²) >= 11 is 0. The van der Waals surface area contributed by atoms with Gasteiger partial charge in [-0.3, -0.25) is 0 Å². The molecule has 0 spiro atoms. The van der Waals surface area contributed by atoms with Gasteiger partial charge < -0.3 is 9.76 Å². The average molecular weight is 509 g/mol. The molecule has 1 radical (unpaired) electrons. The lowest BCUT2D eigenvalue weighted by molar-refractivity contribution is -0.0893. The van der Waals surface area contributed by atoms with Crippen LogP contribution in [0.3, 0.4) is 0 Å². The molecule has 1 aliphatic carbocycles. The Hall–Kier alpha value is -3.66. The zero-order valence-electron chi connectivity index (χ0n) is 23.2. The van der Waals surface area contributed by atoms with Crippen LogP contribution in [0.25, 0.3) is 49.9 Å². The lowest BCUT2D eigenvalue weighted by Crippen LogP contribution is -2.49. The van der Waals surface area contributed by atoms with Crippen molar-refractivity contribution in [1.29, 1.82) is 0 Å². The Balaban J connectivity index is 1.48. The second-order valence-corrected chi connectivity index (χ2v) is 11.6. The third-order valence-corrected chi connectivity index (χ3v) is 8.47. The Morgan fingerprint density at radius 1 is 0.692 bits per heavy atom. The molecule has 0 saturated heterocycles. The lowest BCUT2D eigenvalue weighted by atomic mass is 9.77. The zero-order valence-corrected chi connectivity index (χ0v) is 23.2. The van der Waals surface area contributed by atoms with Crippen molar-refractivity contribution in [2.24, 2.45) is 0 Å². The second-order valence-electron chi connectivity index (χ2n) is 11.6. The molecule has 39 heavy (non-hydrogen) atoms. The zero-order chi connectivity index (χ0) is 27.2. The van der Waals surface area contributed by atoms with Gasteiger partial charge in [0.2, 0.25) is 0 Å². The van der Waals surface area contributed by atoms with Gasteiger partial charge in [0, 0.05) is 0 Å². The topological polar surface area (TPSA) is 29.5 Å². The van der Waals surface area contributed by atoms with E-state index in [1.165, 1.54) is 43.8 Å². The fraction of sp³-hybridized carbons (Fsp3) is 0.222. The van der Waals surface area contributed by atoms with Crippen molar-refractivity contribution in [2.75, 3.05) is 0 Å². The van der Waals surface area contributed by atoms with Crippen LogP contribution >= 0.6 is 0 Å². The molecule has 1 N–H and O–H groups in total. The van der Waals surface area contributed by atoms with Gasteiger partial charge in [0.1, 0.15) is 0 Å². The van der Waals surface area contributed by atoms with Crippen LogP contribution in [0.4, 0.5) is 0 Å². The lowest BCUT2D eigenvalue weighted by Gasteiger charge is -2.37. The Kier molecular flexibility index (Phi) is 6.45. The fourth-order valence-electron chi connectivity index (χ4n) is 5.52. The van der Waals surface area contributed by atoms with E-state index in [4.69, 9.17) is 4.65 Å². The molecule has 0 fully saturated rings. The maximum absolute atomic E-state index is 10.6. The minimum atomic E-state index is -0.987. The maximum Gasteiger partial charge on any atom is 0.331 e. The largest absolute Gasteiger partial charge is 0.427 e. The minimum absolute atomic E-state index is 0.743. The first-order valence-corrected chi connectivity index (χ1v) is 13.8. The van der Waals surface area contributed by atoms with E-state index in [1.54, 1.807) is 21.3 Å². The minimum Gasteiger partial charge on any atom is -0.427 e. The molecule has 6 rings (SSSR count). The molecule has 0 aliphatic heterocycles. The van der Waals surface area contributed by atoms with Gasteiger partial charge in [0.15, 0.2) is 0 Å². The predicted octanol–water partition coefficient (Wildman–Crippen LogP) is 8.10. The van der Waals surface area contributed by atoms with Gasteiger partial charge in [0.25, 0.3) is 0 Å². The van der Waals surface area contributed by atoms with E-state index in [1.807, 2.05) is 19.9 Å². The van der Waals surface area contributed by atoms with Crippen molar-refractivity contribution in [3.8, 4) is 22.3 Å². The summed E-state index contributed by atoms with van der Waals surface area (Å²) in [6.07, 6.45) is 6.78. The molecule has 193 valence electrons. The van der Waals surface area contributed by atoms with Crippen molar-refractivity contribution in [3.05, 3.63) is 108 Å². The Labute approximate surface area is 232 Å². The van der Waals surface area contributed by atoms with Crippen molar-refractivity contribution in [1.82, 2.24) is 0 Å². The number of allylic oxidation sites excluding steroid dienone is 1. The molecular formula is C36H34BO2. The van der Waals surface area contributed by atoms with Gasteiger partial charge in [-0.2, -0.15) is 0 Å². The number of benzene rings is 5. The Morgan fingerprint density at radius 3 is 2.10 bits per heavy atom. The maximum atomic E-state index is 10.6. The van der Waals surface area contributed by atoms with Crippen LogP contribution in [0.5, 0.6) is 0 Å². The van der Waals surface area contributed by atoms with Gasteiger partial charge in [-0.15, -0.1) is 0 Å². The van der Waals surface area contributed by atoms with E-state index < -0.39 is 11.2 Å². The van der Waals surface area contributed by atoms with Crippen LogP contribution in [0.2, 0.25) is 0 Å². The molecule has 0 amide bonds. The molecule has 0 aromatic heterocycles. The van der Waals surface area contributed by atoms with Crippen molar-refractivity contribution in [2.45, 2.75) is 51.7 Å². The van der Waals surface area contributed by atoms with E-state index in [0.29, 0.717) is 0 Å². The summed E-state index contributed by atoms with van der Waals surface area (Å²) in [5.41, 5.74) is 6.69. The smallest absolute Gasteiger partial charge is 0.331 e. The SMILES string of the molecule is CC(C)(O)C(C)(C)O[B]c1ccccc1-c1ccccc1-c1ccc2c(c1)c1c(c3ccccc32)CCC=C1. The van der Waals surface area contributed by atoms with Crippen molar-refractivity contribution >= 4 is 40.6 Å². The Morgan fingerprint density at radius 2 is 1.33 bits per heavy atom. The summed E-state index contributed by atoms with van der Waals surface area (Å²) in [5, 5.41) is 15.9. The second kappa shape index (κ2) is 9.82. The molecule has 0 saturated carbocycles. The molecule has 0 bridgehead atoms. The molecule has 0 atom stereocenters. The summed E-state index contributed by atoms with van der Waals surface area (Å²) in [7, 11) is 1.79. The normalized spacial score (nSPS) is 13.6. The molecule has 5 aromatic rings. The van der Waals surface area contributed by atoms with Gasteiger partial charge in [-0.1, -0.05) is 97.1 Å². The van der Waals surface area contributed by atoms with E-state index in [2.05, 4.69) is 97.1 Å². The molecule has 1 aliphatic rings. The van der Waals surface area contributed by atoms with E-state index in [0.717, 1.165) is 29.4 Å². The highest BCUT2D eigenvalue weighted by molar-refractivity contribution is 6.49. The van der Waals surface area contributed by atoms with Crippen LogP contribution in [-0.2, 0) is 11.1 Å². The van der Waals surface area contributed by atoms with Gasteiger partial charge in [-0.05, 0) is 107 Å². The predicted molar refractivity (Wildman–Crippen MR) is 167 cm³/mol. The van der Waals surface area contributed by atoms with Gasteiger partial charge in [-0.25, -0.2) is 0 Å². The van der Waals surface area contributed by atoms with Crippen LogP contribution in [-0.4, -0.2) is 23.8 Å². The number of fused-ring (bicyclic) bond motifs is 6. The molecule has 2 nitrogen and oxygen atoms in total. The van der Waals surface area contributed by atoms with E-state index in [-0.39, 0.29) is 0 Å². The van der Waals surface area contributed by atoms with Crippen molar-refractivity contribution in [3.63, 3.8) is 0 Å². The number of aliphatic hydroxyl groups is 1. The fourth-order valence-corrected chi connectivity index (χ4v) is 5.52. The molecule has 0 heterocycles. The summed E-state index contributed by atoms with van der Waals surface area (Å²) in [6.45, 7) is 7.37. The molecular weight excluding hydrogens is 475 g/mol. The number of rotatable bonds is 6. The number of hydrogen-bond donors (Lipinski definition) is 1. The third-order valence-electron chi connectivity index (χ3n) is 8.47. The highest BCUT2D eigenvalue weighted by Crippen LogP contribution is 2.40. The number of hydrogen-bond acceptors (Lipinski definition) is 2.